The van der Waals surface area contributed by atoms with Gasteiger partial charge in [-0.25, -0.2) is 4.79 Å². The summed E-state index contributed by atoms with van der Waals surface area (Å²) in [5.41, 5.74) is -0.210. The normalized spacial score (nSPS) is 19.2. The van der Waals surface area contributed by atoms with Gasteiger partial charge in [0.05, 0.1) is 19.8 Å². The number of nitrogens with zero attached hydrogens (tertiary/aromatic N) is 3. The second-order valence-electron chi connectivity index (χ2n) is 14.3. The minimum atomic E-state index is -0.693. The number of methoxy groups -OCH3 is 2. The Morgan fingerprint density at radius 3 is 2.13 bits per heavy atom. The number of hydrogen-bond donors (Lipinski definition) is 0. The average Bonchev–Trinajstić information content (AvgIpc) is 2.99. The number of piperidine rings is 1. The SMILES string of the molecule is COCCCOc1cc(C(=O)N(C(C)C)[C@@H]2CC[C@@H](CC(=O)N(C(C)C)C3CCCCC3)N(C(=O)OC(C)(C)C)C2)ccc1OC. The van der Waals surface area contributed by atoms with Crippen molar-refractivity contribution >= 4 is 17.9 Å². The van der Waals surface area contributed by atoms with E-state index in [1.54, 1.807) is 37.3 Å². The van der Waals surface area contributed by atoms with Gasteiger partial charge in [0.25, 0.3) is 5.91 Å². The summed E-state index contributed by atoms with van der Waals surface area (Å²) in [4.78, 5) is 47.3. The van der Waals surface area contributed by atoms with Crippen LogP contribution in [-0.4, -0.2) is 102 Å². The fourth-order valence-corrected chi connectivity index (χ4v) is 6.85. The molecule has 2 fully saturated rings. The minimum absolute atomic E-state index is 0.0898. The molecule has 10 heteroatoms. The van der Waals surface area contributed by atoms with E-state index in [4.69, 9.17) is 18.9 Å². The van der Waals surface area contributed by atoms with Crippen molar-refractivity contribution in [3.8, 4) is 11.5 Å². The Labute approximate surface area is 277 Å². The predicted octanol–water partition coefficient (Wildman–Crippen LogP) is 6.69. The van der Waals surface area contributed by atoms with E-state index < -0.39 is 11.7 Å². The van der Waals surface area contributed by atoms with Crippen LogP contribution in [0.25, 0.3) is 0 Å². The molecule has 3 amide bonds. The molecule has 1 aromatic rings. The van der Waals surface area contributed by atoms with Gasteiger partial charge >= 0.3 is 6.09 Å². The highest BCUT2D eigenvalue weighted by Gasteiger charge is 2.41. The molecule has 0 aromatic heterocycles. The van der Waals surface area contributed by atoms with Crippen molar-refractivity contribution in [2.75, 3.05) is 34.0 Å². The summed E-state index contributed by atoms with van der Waals surface area (Å²) in [6, 6.07) is 4.88. The maximum absolute atomic E-state index is 14.1. The summed E-state index contributed by atoms with van der Waals surface area (Å²) in [6.45, 7) is 15.0. The van der Waals surface area contributed by atoms with Gasteiger partial charge in [0.15, 0.2) is 11.5 Å². The predicted molar refractivity (Wildman–Crippen MR) is 180 cm³/mol. The molecule has 0 spiro atoms. The summed E-state index contributed by atoms with van der Waals surface area (Å²) < 4.78 is 22.4. The Hall–Kier alpha value is -3.01. The Kier molecular flexibility index (Phi) is 14.0. The Morgan fingerprint density at radius 1 is 0.870 bits per heavy atom. The molecule has 1 saturated carbocycles. The van der Waals surface area contributed by atoms with E-state index in [1.165, 1.54) is 6.42 Å². The van der Waals surface area contributed by atoms with Crippen LogP contribution < -0.4 is 9.47 Å². The molecule has 1 heterocycles. The van der Waals surface area contributed by atoms with E-state index in [9.17, 15) is 14.4 Å². The maximum atomic E-state index is 14.1. The first-order chi connectivity index (χ1) is 21.8. The lowest BCUT2D eigenvalue weighted by Gasteiger charge is -2.46. The first-order valence-electron chi connectivity index (χ1n) is 17.2. The van der Waals surface area contributed by atoms with Gasteiger partial charge in [-0.3, -0.25) is 9.59 Å². The van der Waals surface area contributed by atoms with Crippen molar-refractivity contribution in [3.63, 3.8) is 0 Å². The van der Waals surface area contributed by atoms with Crippen LogP contribution in [-0.2, 0) is 14.3 Å². The molecule has 3 rings (SSSR count). The molecule has 1 aromatic carbocycles. The van der Waals surface area contributed by atoms with Crippen molar-refractivity contribution in [3.05, 3.63) is 23.8 Å². The lowest BCUT2D eigenvalue weighted by Crippen LogP contribution is -2.58. The molecular weight excluding hydrogens is 586 g/mol. The number of carbonyl (C=O) groups is 3. The molecule has 0 unspecified atom stereocenters. The highest BCUT2D eigenvalue weighted by molar-refractivity contribution is 5.95. The third-order valence-corrected chi connectivity index (χ3v) is 8.88. The fourth-order valence-electron chi connectivity index (χ4n) is 6.85. The second-order valence-corrected chi connectivity index (χ2v) is 14.3. The number of hydrogen-bond acceptors (Lipinski definition) is 7. The van der Waals surface area contributed by atoms with E-state index in [1.807, 2.05) is 39.5 Å². The fraction of sp³-hybridized carbons (Fsp3) is 0.750. The molecule has 2 aliphatic rings. The zero-order valence-electron chi connectivity index (χ0n) is 29.8. The van der Waals surface area contributed by atoms with Gasteiger partial charge in [-0.1, -0.05) is 19.3 Å². The number of ether oxygens (including phenoxy) is 4. The topological polar surface area (TPSA) is 97.9 Å². The van der Waals surface area contributed by atoms with Crippen molar-refractivity contribution in [1.29, 1.82) is 0 Å². The molecule has 1 saturated heterocycles. The molecule has 0 bridgehead atoms. The summed E-state index contributed by atoms with van der Waals surface area (Å²) in [7, 11) is 3.22. The summed E-state index contributed by atoms with van der Waals surface area (Å²) >= 11 is 0. The van der Waals surface area contributed by atoms with Crippen LogP contribution in [0.4, 0.5) is 4.79 Å². The van der Waals surface area contributed by atoms with Crippen molar-refractivity contribution in [1.82, 2.24) is 14.7 Å². The van der Waals surface area contributed by atoms with E-state index in [-0.39, 0.29) is 48.4 Å². The van der Waals surface area contributed by atoms with Crippen LogP contribution in [0, 0.1) is 0 Å². The lowest BCUT2D eigenvalue weighted by atomic mass is 9.91. The number of likely N-dealkylation sites (tertiary alicyclic amines) is 1. The zero-order valence-corrected chi connectivity index (χ0v) is 29.8. The Morgan fingerprint density at radius 2 is 1.54 bits per heavy atom. The third-order valence-electron chi connectivity index (χ3n) is 8.88. The van der Waals surface area contributed by atoms with E-state index in [0.717, 1.165) is 25.7 Å². The zero-order chi connectivity index (χ0) is 34.0. The molecule has 1 aliphatic carbocycles. The number of amides is 3. The molecule has 0 radical (unpaired) electrons. The monoisotopic (exact) mass is 645 g/mol. The first kappa shape index (κ1) is 37.4. The Balaban J connectivity index is 1.85. The Bertz CT molecular complexity index is 1140. The largest absolute Gasteiger partial charge is 0.493 e. The number of benzene rings is 1. The lowest BCUT2D eigenvalue weighted by molar-refractivity contribution is -0.138. The molecule has 46 heavy (non-hydrogen) atoms. The quantitative estimate of drug-likeness (QED) is 0.221. The van der Waals surface area contributed by atoms with Gasteiger partial charge in [0.2, 0.25) is 5.91 Å². The molecule has 10 nitrogen and oxygen atoms in total. The average molecular weight is 646 g/mol. The van der Waals surface area contributed by atoms with Crippen LogP contribution in [0.5, 0.6) is 11.5 Å². The van der Waals surface area contributed by atoms with Gasteiger partial charge in [-0.2, -0.15) is 0 Å². The highest BCUT2D eigenvalue weighted by atomic mass is 16.6. The van der Waals surface area contributed by atoms with Crippen molar-refractivity contribution < 1.29 is 33.3 Å². The maximum Gasteiger partial charge on any atom is 0.410 e. The van der Waals surface area contributed by atoms with Crippen LogP contribution in [0.1, 0.15) is 117 Å². The van der Waals surface area contributed by atoms with Gasteiger partial charge in [0.1, 0.15) is 5.60 Å². The highest BCUT2D eigenvalue weighted by Crippen LogP contribution is 2.33. The molecule has 260 valence electrons. The summed E-state index contributed by atoms with van der Waals surface area (Å²) in [5.74, 6) is 0.992. The second kappa shape index (κ2) is 17.2. The van der Waals surface area contributed by atoms with Crippen LogP contribution in [0.3, 0.4) is 0 Å². The van der Waals surface area contributed by atoms with Crippen molar-refractivity contribution in [2.24, 2.45) is 0 Å². The standard InChI is InChI=1S/C36H59N3O7/c1-25(2)38(28-14-11-10-12-15-28)33(40)23-29-17-18-30(24-37(29)35(42)46-36(5,6)7)39(26(3)4)34(41)27-16-19-31(44-9)32(22-27)45-21-13-20-43-8/h16,19,22,25-26,28-30H,10-15,17-18,20-21,23-24H2,1-9H3/t29-,30+/m0/s1. The van der Waals surface area contributed by atoms with E-state index >= 15 is 0 Å². The molecule has 1 aliphatic heterocycles. The van der Waals surface area contributed by atoms with Crippen LogP contribution >= 0.6 is 0 Å². The van der Waals surface area contributed by atoms with Gasteiger partial charge in [0, 0.05) is 62.8 Å². The molecule has 0 N–H and O–H groups in total. The van der Waals surface area contributed by atoms with Crippen molar-refractivity contribution in [2.45, 2.75) is 142 Å². The number of carbonyl (C=O) groups excluding carboxylic acids is 3. The minimum Gasteiger partial charge on any atom is -0.493 e. The summed E-state index contributed by atoms with van der Waals surface area (Å²) in [6.07, 6.45) is 7.34. The van der Waals surface area contributed by atoms with Gasteiger partial charge in [-0.05, 0) is 92.3 Å². The van der Waals surface area contributed by atoms with Crippen LogP contribution in [0.15, 0.2) is 18.2 Å². The first-order valence-corrected chi connectivity index (χ1v) is 17.2. The van der Waals surface area contributed by atoms with Gasteiger partial charge in [-0.15, -0.1) is 0 Å². The van der Waals surface area contributed by atoms with Crippen LogP contribution in [0.2, 0.25) is 0 Å². The number of rotatable bonds is 13. The molecular formula is C36H59N3O7. The van der Waals surface area contributed by atoms with Gasteiger partial charge < -0.3 is 33.6 Å². The van der Waals surface area contributed by atoms with E-state index in [0.29, 0.717) is 56.1 Å². The van der Waals surface area contributed by atoms with E-state index in [2.05, 4.69) is 18.7 Å². The smallest absolute Gasteiger partial charge is 0.410 e. The third kappa shape index (κ3) is 10.2. The summed E-state index contributed by atoms with van der Waals surface area (Å²) in [5, 5.41) is 0. The molecule has 2 atom stereocenters.